The lowest BCUT2D eigenvalue weighted by atomic mass is 9.89. The smallest absolute Gasteiger partial charge is 0.248 e. The third-order valence-corrected chi connectivity index (χ3v) is 10.3. The highest BCUT2D eigenvalue weighted by Gasteiger charge is 2.33. The van der Waals surface area contributed by atoms with Crippen LogP contribution in [-0.2, 0) is 30.4 Å². The van der Waals surface area contributed by atoms with Gasteiger partial charge in [0, 0.05) is 37.7 Å². The number of hydrogen-bond donors (Lipinski definition) is 8. The zero-order valence-corrected chi connectivity index (χ0v) is 39.9. The first-order chi connectivity index (χ1) is 31.0. The Morgan fingerprint density at radius 1 is 0.862 bits per heavy atom. The van der Waals surface area contributed by atoms with E-state index in [2.05, 4.69) is 79.4 Å². The van der Waals surface area contributed by atoms with Crippen molar-refractivity contribution in [2.45, 2.75) is 92.8 Å². The molecule has 0 saturated carbocycles. The minimum Gasteiger partial charge on any atom is -0.493 e. The van der Waals surface area contributed by atoms with E-state index in [4.69, 9.17) is 31.4 Å². The molecule has 1 heterocycles. The Hall–Kier alpha value is -5.75. The second-order valence-corrected chi connectivity index (χ2v) is 16.4. The number of likely N-dealkylation sites (N-methyl/N-ethyl adjacent to an activating group) is 1. The van der Waals surface area contributed by atoms with E-state index in [0.717, 1.165) is 18.9 Å². The molecule has 3 atom stereocenters. The van der Waals surface area contributed by atoms with Crippen LogP contribution in [0.2, 0.25) is 0 Å². The van der Waals surface area contributed by atoms with Crippen molar-refractivity contribution >= 4 is 30.0 Å². The Labute approximate surface area is 385 Å². The topological polar surface area (TPSA) is 254 Å². The number of amides is 5. The van der Waals surface area contributed by atoms with Gasteiger partial charge in [0.25, 0.3) is 0 Å². The van der Waals surface area contributed by atoms with Gasteiger partial charge in [0.05, 0.1) is 19.8 Å². The van der Waals surface area contributed by atoms with Crippen LogP contribution in [0.4, 0.5) is 0 Å². The van der Waals surface area contributed by atoms with Crippen LogP contribution in [0.3, 0.4) is 0 Å². The largest absolute Gasteiger partial charge is 0.493 e. The van der Waals surface area contributed by atoms with Gasteiger partial charge in [0.15, 0.2) is 0 Å². The molecule has 4 rings (SSSR count). The number of benzene rings is 3. The number of ether oxygens (including phenoxy) is 3. The van der Waals surface area contributed by atoms with Crippen molar-refractivity contribution in [1.29, 1.82) is 0 Å². The van der Waals surface area contributed by atoms with Crippen molar-refractivity contribution in [3.05, 3.63) is 76.9 Å². The molecule has 5 amide bonds. The fourth-order valence-corrected chi connectivity index (χ4v) is 6.71. The maximum absolute atomic E-state index is 13.8. The van der Waals surface area contributed by atoms with Gasteiger partial charge in [-0.15, -0.1) is 0 Å². The molecule has 17 nitrogen and oxygen atoms in total. The molecule has 0 radical (unpaired) electrons. The molecule has 3 aromatic rings. The lowest BCUT2D eigenvalue weighted by Crippen LogP contribution is -2.55. The molecule has 11 N–H and O–H groups in total. The van der Waals surface area contributed by atoms with E-state index in [-0.39, 0.29) is 51.4 Å². The quantitative estimate of drug-likeness (QED) is 0.0491. The average molecular weight is 906 g/mol. The minimum absolute atomic E-state index is 0.122. The molecule has 0 saturated heterocycles. The number of carbonyl (C=O) groups is 5. The first-order valence-electron chi connectivity index (χ1n) is 22.4. The molecular weight excluding hydrogens is 831 g/mol. The molecule has 1 aliphatic rings. The molecule has 4 bridgehead atoms. The van der Waals surface area contributed by atoms with Crippen molar-refractivity contribution in [2.24, 2.45) is 22.6 Å². The van der Waals surface area contributed by atoms with Gasteiger partial charge in [0.1, 0.15) is 48.6 Å². The van der Waals surface area contributed by atoms with Crippen LogP contribution in [0, 0.1) is 19.3 Å². The SMILES string of the molecule is CCCC(C)(C)COc1ccc(C)c(C)c1.CCN.CCNCNC(=O)C1Cc2ccc(OCCN)c(c2)-c2cc(ccc2OCCN)C(N(C)C(=O)CNC=O)C(=O)N[C@@H](C)C(=O)N1. The van der Waals surface area contributed by atoms with Crippen molar-refractivity contribution in [3.8, 4) is 28.4 Å². The Morgan fingerprint density at radius 2 is 1.49 bits per heavy atom. The van der Waals surface area contributed by atoms with Crippen LogP contribution in [0.25, 0.3) is 11.1 Å². The number of hydrogen-bond acceptors (Lipinski definition) is 12. The van der Waals surface area contributed by atoms with Crippen molar-refractivity contribution in [2.75, 3.05) is 66.3 Å². The second kappa shape index (κ2) is 28.9. The number of nitrogens with two attached hydrogens (primary N) is 3. The first-order valence-corrected chi connectivity index (χ1v) is 22.4. The third-order valence-electron chi connectivity index (χ3n) is 10.3. The average Bonchev–Trinajstić information content (AvgIpc) is 3.27. The van der Waals surface area contributed by atoms with Gasteiger partial charge in [0.2, 0.25) is 30.0 Å². The van der Waals surface area contributed by atoms with Crippen LogP contribution in [0.15, 0.2) is 54.6 Å². The van der Waals surface area contributed by atoms with E-state index in [1.807, 2.05) is 19.9 Å². The van der Waals surface area contributed by atoms with Crippen LogP contribution in [0.1, 0.15) is 82.7 Å². The van der Waals surface area contributed by atoms with Crippen LogP contribution >= 0.6 is 0 Å². The predicted octanol–water partition coefficient (Wildman–Crippen LogP) is 2.98. The van der Waals surface area contributed by atoms with Gasteiger partial charge in [-0.1, -0.05) is 59.2 Å². The van der Waals surface area contributed by atoms with Crippen LogP contribution in [-0.4, -0.2) is 113 Å². The standard InChI is InChI=1S/C31H44N8O7.C15H24O.C2H7N/c1-4-34-17-36-30(43)24-14-20-5-7-25(45-11-9-32)22(13-20)23-15-21(6-8-26(23)46-12-10-33)28(39(3)27(41)16-35-18-40)31(44)37-19(2)29(42)38-24;1-6-9-15(4,5)11-16-14-8-7-12(2)13(3)10-14;1-2-3/h5-8,13,15,18-19,24,28,34H,4,9-12,14,16-17,32-33H2,1-3H3,(H,35,40)(H,36,43)(H,37,44)(H,38,42);7-8,10H,6,9,11H2,1-5H3;2-3H2,1H3/t19-,24?,28?;;/m0../s1. The van der Waals surface area contributed by atoms with Gasteiger partial charge < -0.3 is 62.9 Å². The Morgan fingerprint density at radius 3 is 2.08 bits per heavy atom. The minimum atomic E-state index is -1.22. The number of fused-ring (bicyclic) bond motifs is 5. The Balaban J connectivity index is 0.000000635. The molecule has 1 aliphatic heterocycles. The summed E-state index contributed by atoms with van der Waals surface area (Å²) in [6.45, 7) is 19.2. The fraction of sp³-hybridized carbons (Fsp3) is 0.521. The second-order valence-electron chi connectivity index (χ2n) is 16.4. The van der Waals surface area contributed by atoms with E-state index >= 15 is 0 Å². The van der Waals surface area contributed by atoms with Crippen molar-refractivity contribution in [3.63, 3.8) is 0 Å². The van der Waals surface area contributed by atoms with Crippen molar-refractivity contribution in [1.82, 2.24) is 31.5 Å². The lowest BCUT2D eigenvalue weighted by Gasteiger charge is -2.30. The summed E-state index contributed by atoms with van der Waals surface area (Å²) in [5, 5.41) is 13.5. The molecule has 3 aromatic carbocycles. The maximum atomic E-state index is 13.8. The lowest BCUT2D eigenvalue weighted by molar-refractivity contribution is -0.140. The number of aryl methyl sites for hydroxylation is 2. The first kappa shape index (κ1) is 55.4. The van der Waals surface area contributed by atoms with Crippen LogP contribution in [0.5, 0.6) is 17.2 Å². The number of nitrogens with zero attached hydrogens (tertiary/aromatic N) is 1. The summed E-state index contributed by atoms with van der Waals surface area (Å²) in [4.78, 5) is 65.5. The molecule has 0 aliphatic carbocycles. The third kappa shape index (κ3) is 18.3. The zero-order chi connectivity index (χ0) is 48.5. The maximum Gasteiger partial charge on any atom is 0.248 e. The summed E-state index contributed by atoms with van der Waals surface area (Å²) in [5.41, 5.74) is 21.4. The summed E-state index contributed by atoms with van der Waals surface area (Å²) < 4.78 is 17.8. The highest BCUT2D eigenvalue weighted by Crippen LogP contribution is 2.40. The van der Waals surface area contributed by atoms with E-state index < -0.39 is 41.8 Å². The number of nitrogens with one attached hydrogen (secondary N) is 5. The van der Waals surface area contributed by atoms with Gasteiger partial charge in [-0.2, -0.15) is 0 Å². The molecule has 0 fully saturated rings. The molecule has 2 unspecified atom stereocenters. The predicted molar refractivity (Wildman–Crippen MR) is 255 cm³/mol. The van der Waals surface area contributed by atoms with Gasteiger partial charge in [-0.05, 0) is 104 Å². The van der Waals surface area contributed by atoms with E-state index in [1.54, 1.807) is 30.3 Å². The molecule has 17 heteroatoms. The Kier molecular flexibility index (Phi) is 24.6. The molecule has 0 aromatic heterocycles. The summed E-state index contributed by atoms with van der Waals surface area (Å²) in [6, 6.07) is 13.4. The number of carbonyl (C=O) groups excluding carboxylic acids is 5. The van der Waals surface area contributed by atoms with Crippen molar-refractivity contribution < 1.29 is 38.2 Å². The highest BCUT2D eigenvalue weighted by atomic mass is 16.5. The summed E-state index contributed by atoms with van der Waals surface area (Å²) in [5.74, 6) is -0.349. The van der Waals surface area contributed by atoms with Gasteiger partial charge in [-0.3, -0.25) is 24.0 Å². The van der Waals surface area contributed by atoms with Crippen LogP contribution < -0.4 is 58.0 Å². The molecule has 0 spiro atoms. The molecule has 65 heavy (non-hydrogen) atoms. The summed E-state index contributed by atoms with van der Waals surface area (Å²) in [7, 11) is 1.42. The highest BCUT2D eigenvalue weighted by molar-refractivity contribution is 5.95. The van der Waals surface area contributed by atoms with E-state index in [1.165, 1.54) is 42.8 Å². The summed E-state index contributed by atoms with van der Waals surface area (Å²) >= 11 is 0. The normalized spacial score (nSPS) is 15.8. The Bertz CT molecular complexity index is 1980. The molecular formula is C48H75N9O8. The zero-order valence-electron chi connectivity index (χ0n) is 39.9. The number of rotatable bonds is 19. The summed E-state index contributed by atoms with van der Waals surface area (Å²) in [6.07, 6.45) is 2.92. The van der Waals surface area contributed by atoms with E-state index in [9.17, 15) is 24.0 Å². The monoisotopic (exact) mass is 906 g/mol. The van der Waals surface area contributed by atoms with E-state index in [0.29, 0.717) is 46.7 Å². The van der Waals surface area contributed by atoms with Gasteiger partial charge >= 0.3 is 0 Å². The molecule has 360 valence electrons. The van der Waals surface area contributed by atoms with Gasteiger partial charge in [-0.25, -0.2) is 0 Å². The fourth-order valence-electron chi connectivity index (χ4n) is 6.71.